The van der Waals surface area contributed by atoms with Crippen LogP contribution in [0, 0.1) is 12.1 Å². The van der Waals surface area contributed by atoms with Crippen LogP contribution < -0.4 is 0 Å². The number of hydrogen-bond acceptors (Lipinski definition) is 3. The average molecular weight is 698 g/mol. The van der Waals surface area contributed by atoms with Gasteiger partial charge in [0.05, 0.1) is 15.6 Å². The molecule has 5 rings (SSSR count). The summed E-state index contributed by atoms with van der Waals surface area (Å²) in [5.74, 6) is 0. The van der Waals surface area contributed by atoms with Crippen molar-refractivity contribution in [2.75, 3.05) is 0 Å². The van der Waals surface area contributed by atoms with E-state index in [1.807, 2.05) is 18.2 Å². The molecule has 5 aromatic rings. The molecule has 2 nitrogen and oxygen atoms in total. The van der Waals surface area contributed by atoms with Crippen LogP contribution in [0.1, 0.15) is 70.1 Å². The molecule has 0 radical (unpaired) electrons. The number of hydrogen-bond donors (Lipinski definition) is 0. The summed E-state index contributed by atoms with van der Waals surface area (Å²) in [6, 6.07) is 34.6. The van der Waals surface area contributed by atoms with E-state index in [9.17, 15) is 0 Å². The van der Waals surface area contributed by atoms with E-state index in [0.717, 1.165) is 57.9 Å². The Hall–Kier alpha value is -2.61. The van der Waals surface area contributed by atoms with Crippen LogP contribution in [0.15, 0.2) is 78.9 Å². The predicted octanol–water partition coefficient (Wildman–Crippen LogP) is 9.42. The van der Waals surface area contributed by atoms with Gasteiger partial charge in [0.2, 0.25) is 0 Å². The Morgan fingerprint density at radius 2 is 1.47 bits per heavy atom. The summed E-state index contributed by atoms with van der Waals surface area (Å²) in [7, 11) is 0. The Morgan fingerprint density at radius 3 is 2.16 bits per heavy atom. The number of aromatic nitrogens is 2. The van der Waals surface area contributed by atoms with E-state index in [1.165, 1.54) is 10.3 Å². The molecule has 0 saturated carbocycles. The van der Waals surface area contributed by atoms with Gasteiger partial charge in [0.25, 0.3) is 0 Å². The Morgan fingerprint density at radius 1 is 0.763 bits per heavy atom. The van der Waals surface area contributed by atoms with E-state index in [0.29, 0.717) is 0 Å². The van der Waals surface area contributed by atoms with Gasteiger partial charge in [-0.1, -0.05) is 45.0 Å². The molecule has 0 saturated heterocycles. The largest absolute Gasteiger partial charge is 2.00 e. The van der Waals surface area contributed by atoms with Gasteiger partial charge in [0.15, 0.2) is 0 Å². The normalized spacial score (nSPS) is 11.9. The third-order valence-corrected chi connectivity index (χ3v) is 9.36. The smallest absolute Gasteiger partial charge is 0.291 e. The van der Waals surface area contributed by atoms with Gasteiger partial charge in [-0.3, -0.25) is 4.98 Å². The Bertz CT molecular complexity index is 1480. The van der Waals surface area contributed by atoms with Crippen molar-refractivity contribution >= 4 is 21.6 Å². The minimum Gasteiger partial charge on any atom is -0.291 e. The first-order chi connectivity index (χ1) is 17.9. The van der Waals surface area contributed by atoms with Crippen LogP contribution in [-0.2, 0) is 31.9 Å². The first-order valence-electron chi connectivity index (χ1n) is 13.3. The number of fused-ring (bicyclic) bond motifs is 1. The van der Waals surface area contributed by atoms with Gasteiger partial charge in [-0.2, -0.15) is 42.0 Å². The molecule has 0 spiro atoms. The third kappa shape index (κ3) is 5.29. The average Bonchev–Trinajstić information content (AvgIpc) is 3.40. The van der Waals surface area contributed by atoms with Crippen molar-refractivity contribution < 1.29 is 21.1 Å². The molecule has 0 bridgehead atoms. The molecule has 0 N–H and O–H groups in total. The maximum Gasteiger partial charge on any atom is 2.00 e. The quantitative estimate of drug-likeness (QED) is 0.151. The van der Waals surface area contributed by atoms with Gasteiger partial charge in [-0.25, -0.2) is 10.5 Å². The van der Waals surface area contributed by atoms with Crippen LogP contribution >= 0.6 is 11.3 Å². The van der Waals surface area contributed by atoms with Crippen molar-refractivity contribution in [3.63, 3.8) is 0 Å². The third-order valence-electron chi connectivity index (χ3n) is 8.00. The van der Waals surface area contributed by atoms with Gasteiger partial charge in [-0.15, -0.1) is 34.6 Å². The van der Waals surface area contributed by atoms with Gasteiger partial charge in [0.1, 0.15) is 5.01 Å². The second-order valence-electron chi connectivity index (χ2n) is 10.3. The molecule has 0 aliphatic carbocycles. The molecular formula is C34H34N2PtS. The number of thiazole rings is 1. The molecule has 3 aromatic carbocycles. The van der Waals surface area contributed by atoms with Crippen LogP contribution in [-0.4, -0.2) is 9.97 Å². The molecule has 4 heteroatoms. The fourth-order valence-electron chi connectivity index (χ4n) is 5.26. The summed E-state index contributed by atoms with van der Waals surface area (Å²) >= 11 is 1.75. The number of benzene rings is 3. The minimum atomic E-state index is -0.312. The summed E-state index contributed by atoms with van der Waals surface area (Å²) in [5.41, 5.74) is 7.36. The van der Waals surface area contributed by atoms with Gasteiger partial charge >= 0.3 is 21.1 Å². The topological polar surface area (TPSA) is 25.8 Å². The molecule has 0 atom stereocenters. The van der Waals surface area contributed by atoms with Gasteiger partial charge < -0.3 is 0 Å². The van der Waals surface area contributed by atoms with E-state index < -0.39 is 0 Å². The summed E-state index contributed by atoms with van der Waals surface area (Å²) in [6.45, 7) is 11.3. The van der Waals surface area contributed by atoms with Crippen molar-refractivity contribution in [3.05, 3.63) is 107 Å². The predicted molar refractivity (Wildman–Crippen MR) is 157 cm³/mol. The zero-order valence-electron chi connectivity index (χ0n) is 22.7. The summed E-state index contributed by atoms with van der Waals surface area (Å²) in [5, 5.41) is 1.08. The first-order valence-corrected chi connectivity index (χ1v) is 14.1. The van der Waals surface area contributed by atoms with E-state index in [-0.39, 0.29) is 31.9 Å². The molecule has 2 heterocycles. The fourth-order valence-corrected chi connectivity index (χ4v) is 6.34. The maximum atomic E-state index is 5.22. The Labute approximate surface area is 245 Å². The van der Waals surface area contributed by atoms with E-state index in [4.69, 9.17) is 9.97 Å². The standard InChI is InChI=1S/C34H34N2S.Pt/c1-6-34(7-2,8-3)27-22-25(24-15-10-9-11-16-24)21-26(23-27)28-18-14-20-31(35-28)33(4,5)32-36-29-17-12-13-19-30(29)37-32;/h9-15,17-20,22-23H,6-8H2,1-5H3;/q-2;+2. The van der Waals surface area contributed by atoms with Crippen molar-refractivity contribution in [2.45, 2.75) is 64.7 Å². The SMILES string of the molecule is CCC(CC)(CC)c1cc(-c2[c-]cccc2)[c-]c(-c2cccc(C(C)(C)c3nc4ccccc4s3)n2)c1.[Pt+2]. The van der Waals surface area contributed by atoms with Crippen LogP contribution in [0.25, 0.3) is 32.6 Å². The fraction of sp³-hybridized carbons (Fsp3) is 0.294. The number of para-hydroxylation sites is 1. The molecule has 2 aromatic heterocycles. The molecule has 0 unspecified atom stereocenters. The first kappa shape index (κ1) is 28.4. The van der Waals surface area contributed by atoms with Crippen molar-refractivity contribution in [2.24, 2.45) is 0 Å². The van der Waals surface area contributed by atoms with Crippen LogP contribution in [0.2, 0.25) is 0 Å². The van der Waals surface area contributed by atoms with Crippen LogP contribution in [0.4, 0.5) is 0 Å². The van der Waals surface area contributed by atoms with Crippen LogP contribution in [0.5, 0.6) is 0 Å². The molecule has 0 aliphatic heterocycles. The summed E-state index contributed by atoms with van der Waals surface area (Å²) < 4.78 is 1.21. The second kappa shape index (κ2) is 11.6. The number of nitrogens with zero attached hydrogens (tertiary/aromatic N) is 2. The summed E-state index contributed by atoms with van der Waals surface area (Å²) in [6.07, 6.45) is 3.29. The van der Waals surface area contributed by atoms with E-state index >= 15 is 0 Å². The molecule has 0 amide bonds. The summed E-state index contributed by atoms with van der Waals surface area (Å²) in [4.78, 5) is 10.2. The van der Waals surface area contributed by atoms with Crippen molar-refractivity contribution in [1.82, 2.24) is 9.97 Å². The molecule has 38 heavy (non-hydrogen) atoms. The number of pyridine rings is 1. The maximum absolute atomic E-state index is 5.22. The zero-order chi connectivity index (χ0) is 26.0. The second-order valence-corrected chi connectivity index (χ2v) is 11.4. The zero-order valence-corrected chi connectivity index (χ0v) is 25.8. The minimum absolute atomic E-state index is 0. The molecule has 0 aliphatic rings. The molecule has 0 fully saturated rings. The monoisotopic (exact) mass is 697 g/mol. The molecular weight excluding hydrogens is 664 g/mol. The Balaban J connectivity index is 0.00000336. The van der Waals surface area contributed by atoms with Gasteiger partial charge in [-0.05, 0) is 56.7 Å². The van der Waals surface area contributed by atoms with Crippen molar-refractivity contribution in [1.29, 1.82) is 0 Å². The Kier molecular flexibility index (Phi) is 8.70. The van der Waals surface area contributed by atoms with Gasteiger partial charge in [0, 0.05) is 11.4 Å². The van der Waals surface area contributed by atoms with Crippen LogP contribution in [0.3, 0.4) is 0 Å². The van der Waals surface area contributed by atoms with E-state index in [1.54, 1.807) is 11.3 Å². The van der Waals surface area contributed by atoms with E-state index in [2.05, 4.69) is 107 Å². The molecule has 196 valence electrons. The van der Waals surface area contributed by atoms with Crippen molar-refractivity contribution in [3.8, 4) is 22.4 Å². The number of rotatable bonds is 8.